The summed E-state index contributed by atoms with van der Waals surface area (Å²) < 4.78 is 44.5. The number of phosphoric ester groups is 1. The molecule has 1 saturated heterocycles. The largest absolute Gasteiger partial charge is 0.481 e. The number of hydrogen-bond donors (Lipinski definition) is 6. The van der Waals surface area contributed by atoms with Crippen molar-refractivity contribution in [3.05, 3.63) is 22.5 Å². The van der Waals surface area contributed by atoms with Crippen LogP contribution in [0.2, 0.25) is 0 Å². The van der Waals surface area contributed by atoms with E-state index in [2.05, 4.69) is 34.1 Å². The number of imidazole rings is 1. The number of nitrogens with zero attached hydrogens (tertiary/aromatic N) is 6. The molecule has 216 valence electrons. The van der Waals surface area contributed by atoms with Gasteiger partial charge in [0.05, 0.1) is 19.0 Å². The molecule has 3 heterocycles. The number of hydrogen-bond acceptors (Lipinski definition) is 17. The van der Waals surface area contributed by atoms with Crippen molar-refractivity contribution in [3.63, 3.8) is 0 Å². The van der Waals surface area contributed by atoms with Crippen LogP contribution in [0.1, 0.15) is 19.1 Å². The highest BCUT2D eigenvalue weighted by Gasteiger charge is 2.51. The average molecular weight is 598 g/mol. The number of nitrogen functional groups attached to an aromatic ring is 1. The molecule has 23 heteroatoms. The molecule has 0 spiro atoms. The van der Waals surface area contributed by atoms with Crippen LogP contribution in [-0.4, -0.2) is 88.5 Å². The first-order valence-corrected chi connectivity index (χ1v) is 14.1. The van der Waals surface area contributed by atoms with E-state index in [0.29, 0.717) is 0 Å². The van der Waals surface area contributed by atoms with Gasteiger partial charge in [-0.15, -0.1) is 0 Å². The number of aliphatic hydroxyl groups is 1. The molecule has 1 aliphatic carbocycles. The van der Waals surface area contributed by atoms with Gasteiger partial charge in [0, 0.05) is 12.8 Å². The van der Waals surface area contributed by atoms with E-state index in [1.165, 1.54) is 10.9 Å². The van der Waals surface area contributed by atoms with Gasteiger partial charge in [-0.2, -0.15) is 14.1 Å². The zero-order valence-corrected chi connectivity index (χ0v) is 21.4. The number of phosphoric acid groups is 2. The van der Waals surface area contributed by atoms with E-state index < -0.39 is 71.1 Å². The average Bonchev–Trinajstić information content (AvgIpc) is 3.43. The van der Waals surface area contributed by atoms with Gasteiger partial charge in [0.2, 0.25) is 0 Å². The Morgan fingerprint density at radius 3 is 2.51 bits per heavy atom. The van der Waals surface area contributed by atoms with E-state index in [4.69, 9.17) is 35.7 Å². The Labute approximate surface area is 217 Å². The molecule has 1 saturated carbocycles. The molecule has 0 amide bonds. The topological polar surface area (TPSA) is 316 Å². The van der Waals surface area contributed by atoms with Crippen LogP contribution in [0, 0.1) is 9.81 Å². The minimum atomic E-state index is -5.43. The number of anilines is 1. The van der Waals surface area contributed by atoms with Crippen LogP contribution in [0.4, 0.5) is 5.82 Å². The Kier molecular flexibility index (Phi) is 8.81. The zero-order chi connectivity index (χ0) is 28.5. The lowest BCUT2D eigenvalue weighted by molar-refractivity contribution is -0.158. The summed E-state index contributed by atoms with van der Waals surface area (Å²) in [5.74, 6) is 5.37. The molecule has 2 fully saturated rings. The predicted molar refractivity (Wildman–Crippen MR) is 125 cm³/mol. The van der Waals surface area contributed by atoms with E-state index in [1.54, 1.807) is 0 Å². The van der Waals surface area contributed by atoms with Gasteiger partial charge in [0.15, 0.2) is 17.7 Å². The summed E-state index contributed by atoms with van der Waals surface area (Å²) in [6.07, 6.45) is -5.97. The van der Waals surface area contributed by atoms with Gasteiger partial charge in [-0.1, -0.05) is 10.4 Å². The van der Waals surface area contributed by atoms with Gasteiger partial charge in [-0.05, 0) is 0 Å². The Morgan fingerprint density at radius 1 is 1.13 bits per heavy atom. The van der Waals surface area contributed by atoms with Crippen LogP contribution >= 0.6 is 15.6 Å². The minimum absolute atomic E-state index is 0.0260. The Bertz CT molecular complexity index is 1290. The third-order valence-corrected chi connectivity index (χ3v) is 8.27. The van der Waals surface area contributed by atoms with Crippen molar-refractivity contribution in [3.8, 4) is 0 Å². The molecule has 2 aromatic rings. The lowest BCUT2D eigenvalue weighted by atomic mass is 9.86. The molecule has 6 unspecified atom stereocenters. The van der Waals surface area contributed by atoms with E-state index in [1.807, 2.05) is 0 Å². The summed E-state index contributed by atoms with van der Waals surface area (Å²) in [6, 6.07) is -2.06. The fourth-order valence-electron chi connectivity index (χ4n) is 4.47. The van der Waals surface area contributed by atoms with Gasteiger partial charge in [-0.25, -0.2) is 30.0 Å². The van der Waals surface area contributed by atoms with Crippen LogP contribution in [-0.2, 0) is 32.3 Å². The van der Waals surface area contributed by atoms with Crippen molar-refractivity contribution in [2.75, 3.05) is 12.3 Å². The molecule has 2 aromatic heterocycles. The van der Waals surface area contributed by atoms with Crippen LogP contribution in [0.15, 0.2) is 23.0 Å². The highest BCUT2D eigenvalue weighted by Crippen LogP contribution is 2.57. The van der Waals surface area contributed by atoms with Crippen LogP contribution < -0.4 is 11.6 Å². The second-order valence-corrected chi connectivity index (χ2v) is 11.4. The van der Waals surface area contributed by atoms with Crippen molar-refractivity contribution >= 4 is 32.6 Å². The number of fused-ring (bicyclic) bond motifs is 1. The monoisotopic (exact) mass is 598 g/mol. The first-order valence-electron chi connectivity index (χ1n) is 11.0. The zero-order valence-electron chi connectivity index (χ0n) is 19.6. The fraction of sp³-hybridized carbons (Fsp3) is 0.688. The summed E-state index contributed by atoms with van der Waals surface area (Å²) in [5, 5.41) is 17.1. The molecule has 0 bridgehead atoms. The minimum Gasteiger partial charge on any atom is -0.386 e. The number of ether oxygens (including phenoxy) is 2. The van der Waals surface area contributed by atoms with Gasteiger partial charge in [0.25, 0.3) is 0 Å². The third-order valence-electron chi connectivity index (χ3n) is 6.12. The third kappa shape index (κ3) is 6.51. The lowest BCUT2D eigenvalue weighted by Gasteiger charge is -2.37. The van der Waals surface area contributed by atoms with E-state index in [9.17, 15) is 28.9 Å². The molecule has 21 nitrogen and oxygen atoms in total. The van der Waals surface area contributed by atoms with Gasteiger partial charge in [-0.3, -0.25) is 13.9 Å². The molecular weight excluding hydrogens is 574 g/mol. The normalized spacial score (nSPS) is 33.2. The second-order valence-electron chi connectivity index (χ2n) is 8.62. The highest BCUT2D eigenvalue weighted by molar-refractivity contribution is 7.60. The van der Waals surface area contributed by atoms with E-state index >= 15 is 0 Å². The summed E-state index contributed by atoms with van der Waals surface area (Å²) in [4.78, 5) is 66.9. The second kappa shape index (κ2) is 11.6. The number of aromatic nitrogens is 4. The van der Waals surface area contributed by atoms with Gasteiger partial charge in [0.1, 0.15) is 48.4 Å². The molecule has 8 N–H and O–H groups in total. The SMILES string of the molecule is NOC1CC(N=O)CC(N=O)C1OC1[C@@H](COP(=O)(O)OP(=O)(O)O)O[C@@H](n2cnc3c(N)ncnc32)[C@H]1O. The molecular formula is C16H24N8O13P2. The van der Waals surface area contributed by atoms with E-state index in [-0.39, 0.29) is 29.8 Å². The van der Waals surface area contributed by atoms with Crippen molar-refractivity contribution < 1.29 is 52.1 Å². The summed E-state index contributed by atoms with van der Waals surface area (Å²) in [6.45, 7) is -0.908. The Morgan fingerprint density at radius 2 is 1.87 bits per heavy atom. The quantitative estimate of drug-likeness (QED) is 0.102. The van der Waals surface area contributed by atoms with Crippen LogP contribution in [0.25, 0.3) is 11.2 Å². The standard InChI is InChI=1S/C16H24N8O13P2/c17-14-10-15(20-4-19-14)24(5-21-10)16-11(25)13(9(34-16)3-33-39(31,32)37-38(28,29)30)35-12-7(23-27)1-6(22-26)2-8(12)36-18/h4-9,11-13,16,25H,1-3,18H2,(H,31,32)(H2,17,19,20)(H2,28,29,30)/t6?,7?,8?,9-,11+,12?,13?,16-/m1/s1. The molecule has 2 aliphatic rings. The maximum Gasteiger partial charge on any atom is 0.481 e. The van der Waals surface area contributed by atoms with Crippen molar-refractivity contribution in [1.29, 1.82) is 0 Å². The number of nitroso groups, excluding NO2 is 2. The van der Waals surface area contributed by atoms with Crippen molar-refractivity contribution in [1.82, 2.24) is 19.5 Å². The Balaban J connectivity index is 1.64. The number of nitrogens with two attached hydrogens (primary N) is 2. The molecule has 4 rings (SSSR count). The van der Waals surface area contributed by atoms with E-state index in [0.717, 1.165) is 6.33 Å². The van der Waals surface area contributed by atoms with Crippen molar-refractivity contribution in [2.45, 2.75) is 61.7 Å². The lowest BCUT2D eigenvalue weighted by Crippen LogP contribution is -2.52. The van der Waals surface area contributed by atoms with Crippen molar-refractivity contribution in [2.24, 2.45) is 16.3 Å². The molecule has 9 atom stereocenters. The number of rotatable bonds is 11. The van der Waals surface area contributed by atoms with Gasteiger partial charge < -0.3 is 35.0 Å². The predicted octanol–water partition coefficient (Wildman–Crippen LogP) is -1.03. The van der Waals surface area contributed by atoms with Crippen LogP contribution in [0.5, 0.6) is 0 Å². The van der Waals surface area contributed by atoms with Crippen LogP contribution in [0.3, 0.4) is 0 Å². The first kappa shape index (κ1) is 29.6. The maximum atomic E-state index is 12.0. The molecule has 0 radical (unpaired) electrons. The smallest absolute Gasteiger partial charge is 0.386 e. The first-order chi connectivity index (χ1) is 18.4. The van der Waals surface area contributed by atoms with Gasteiger partial charge >= 0.3 is 15.6 Å². The molecule has 0 aromatic carbocycles. The summed E-state index contributed by atoms with van der Waals surface area (Å²) in [7, 11) is -10.8. The maximum absolute atomic E-state index is 12.0. The number of aliphatic hydroxyl groups excluding tert-OH is 1. The summed E-state index contributed by atoms with van der Waals surface area (Å²) in [5.41, 5.74) is 6.11. The Hall–Kier alpha value is -2.39. The molecule has 39 heavy (non-hydrogen) atoms. The highest BCUT2D eigenvalue weighted by atomic mass is 31.3. The fourth-order valence-corrected chi connectivity index (χ4v) is 6.07. The molecule has 1 aliphatic heterocycles. The summed E-state index contributed by atoms with van der Waals surface area (Å²) >= 11 is 0.